The highest BCUT2D eigenvalue weighted by atomic mass is 27.2. The zero-order chi connectivity index (χ0) is 8.85. The van der Waals surface area contributed by atoms with Crippen LogP contribution >= 0.6 is 0 Å². The number of hydrogen-bond donors (Lipinski definition) is 0. The lowest BCUT2D eigenvalue weighted by atomic mass is 10.5. The molecule has 0 aromatic heterocycles. The molecule has 1 nitrogen and oxygen atoms in total. The monoisotopic (exact) mass is 170 g/mol. The Hall–Kier alpha value is 0.202. The summed E-state index contributed by atoms with van der Waals surface area (Å²) in [5.41, 5.74) is 0. The normalized spacial score (nSPS) is 10.7. The van der Waals surface area contributed by atoms with E-state index < -0.39 is 14.1 Å². The number of carbonyl (C=O) groups is 1. The molecule has 0 aliphatic heterocycles. The Kier molecular flexibility index (Phi) is 5.91. The number of hydrogen-bond acceptors (Lipinski definition) is 1. The number of carbonyl (C=O) groups excluding carboxylic acids is 1. The Morgan fingerprint density at radius 1 is 1.18 bits per heavy atom. The van der Waals surface area contributed by atoms with Crippen molar-refractivity contribution >= 4 is 20.4 Å². The van der Waals surface area contributed by atoms with Gasteiger partial charge in [-0.15, -0.1) is 0 Å². The van der Waals surface area contributed by atoms with Crippen LogP contribution in [0.3, 0.4) is 0 Å². The van der Waals surface area contributed by atoms with E-state index in [1.54, 1.807) is 0 Å². The van der Waals surface area contributed by atoms with Gasteiger partial charge in [-0.25, -0.2) is 0 Å². The highest BCUT2D eigenvalue weighted by molar-refractivity contribution is 6.61. The van der Waals surface area contributed by atoms with Crippen LogP contribution in [0.4, 0.5) is 0 Å². The molecule has 0 saturated carbocycles. The van der Waals surface area contributed by atoms with Crippen molar-refractivity contribution in [2.24, 2.45) is 0 Å². The molecule has 11 heavy (non-hydrogen) atoms. The van der Waals surface area contributed by atoms with Gasteiger partial charge in [-0.2, -0.15) is 0 Å². The lowest BCUT2D eigenvalue weighted by Gasteiger charge is -2.17. The lowest BCUT2D eigenvalue weighted by molar-refractivity contribution is -0.107. The first kappa shape index (κ1) is 11.2. The maximum absolute atomic E-state index is 10.2. The summed E-state index contributed by atoms with van der Waals surface area (Å²) in [6.45, 7) is 9.17. The molecule has 0 amide bonds. The third kappa shape index (κ3) is 4.61. The molecule has 0 unspecified atom stereocenters. The van der Waals surface area contributed by atoms with Crippen molar-refractivity contribution < 1.29 is 4.79 Å². The Bertz CT molecular complexity index is 102. The number of rotatable bonds is 5. The zero-order valence-corrected chi connectivity index (χ0v) is 9.29. The van der Waals surface area contributed by atoms with Crippen LogP contribution < -0.4 is 0 Å². The first-order chi connectivity index (χ1) is 5.09. The first-order valence-corrected chi connectivity index (χ1v) is 6.68. The fourth-order valence-electron chi connectivity index (χ4n) is 1.70. The van der Waals surface area contributed by atoms with E-state index in [1.807, 2.05) is 0 Å². The molecule has 0 aliphatic carbocycles. The minimum atomic E-state index is -0.629. The van der Waals surface area contributed by atoms with Crippen LogP contribution in [0.15, 0.2) is 0 Å². The summed E-state index contributed by atoms with van der Waals surface area (Å²) in [6.07, 6.45) is 1.85. The number of aldehydes is 1. The van der Waals surface area contributed by atoms with E-state index in [-0.39, 0.29) is 0 Å². The van der Waals surface area contributed by atoms with Crippen LogP contribution in [0.2, 0.25) is 14.8 Å². The smallest absolute Gasteiger partial charge is 0.267 e. The quantitative estimate of drug-likeness (QED) is 0.458. The van der Waals surface area contributed by atoms with Gasteiger partial charge in [0.2, 0.25) is 0 Å². The third-order valence-electron chi connectivity index (χ3n) is 2.33. The molecule has 0 rings (SSSR count). The maximum Gasteiger partial charge on any atom is 0.267 e. The van der Waals surface area contributed by atoms with Crippen LogP contribution in [0, 0.1) is 0 Å². The second-order valence-electron chi connectivity index (χ2n) is 3.90. The van der Waals surface area contributed by atoms with E-state index >= 15 is 0 Å². The van der Waals surface area contributed by atoms with Crippen LogP contribution in [0.25, 0.3) is 0 Å². The van der Waals surface area contributed by atoms with Crippen LogP contribution in [0.1, 0.15) is 34.1 Å². The molecule has 0 heterocycles. The highest BCUT2D eigenvalue weighted by Gasteiger charge is 2.23. The van der Waals surface area contributed by atoms with Gasteiger partial charge in [-0.3, -0.25) is 0 Å². The Labute approximate surface area is 74.6 Å². The Morgan fingerprint density at radius 2 is 1.64 bits per heavy atom. The second kappa shape index (κ2) is 5.80. The van der Waals surface area contributed by atoms with Crippen molar-refractivity contribution in [3.63, 3.8) is 0 Å². The summed E-state index contributed by atoms with van der Waals surface area (Å²) in [4.78, 5) is 10.2. The molecule has 2 heteroatoms. The van der Waals surface area contributed by atoms with Crippen molar-refractivity contribution in [3.05, 3.63) is 0 Å². The largest absolute Gasteiger partial charge is 0.303 e. The van der Waals surface area contributed by atoms with Gasteiger partial charge in [-0.05, 0) is 6.42 Å². The molecule has 0 aliphatic rings. The molecule has 64 valence electrons. The lowest BCUT2D eigenvalue weighted by Crippen LogP contribution is -2.20. The molecule has 0 aromatic carbocycles. The topological polar surface area (TPSA) is 17.1 Å². The molecular weight excluding hydrogens is 151 g/mol. The minimum Gasteiger partial charge on any atom is -0.303 e. The zero-order valence-electron chi connectivity index (χ0n) is 8.13. The fourth-order valence-corrected chi connectivity index (χ4v) is 5.09. The summed E-state index contributed by atoms with van der Waals surface area (Å²) >= 11 is -0.629. The van der Waals surface area contributed by atoms with E-state index in [0.717, 1.165) is 22.3 Å². The van der Waals surface area contributed by atoms with Gasteiger partial charge in [-0.1, -0.05) is 42.5 Å². The first-order valence-electron chi connectivity index (χ1n) is 4.53. The van der Waals surface area contributed by atoms with E-state index in [2.05, 4.69) is 27.7 Å². The van der Waals surface area contributed by atoms with E-state index in [4.69, 9.17) is 0 Å². The summed E-state index contributed by atoms with van der Waals surface area (Å²) in [7, 11) is 0. The predicted octanol–water partition coefficient (Wildman–Crippen LogP) is 2.89. The molecule has 0 saturated heterocycles. The summed E-state index contributed by atoms with van der Waals surface area (Å²) in [5, 5.41) is 1.19. The van der Waals surface area contributed by atoms with Crippen molar-refractivity contribution in [1.82, 2.24) is 0 Å². The Balaban J connectivity index is 3.79. The SMILES string of the molecule is C[CH](C)[Al]([CH2]CC=O)[CH](C)C. The molecule has 0 aromatic rings. The van der Waals surface area contributed by atoms with Crippen LogP contribution in [-0.2, 0) is 4.79 Å². The van der Waals surface area contributed by atoms with Crippen molar-refractivity contribution in [2.45, 2.75) is 49.0 Å². The van der Waals surface area contributed by atoms with E-state index in [9.17, 15) is 4.79 Å². The average Bonchev–Trinajstić information content (AvgIpc) is 1.87. The van der Waals surface area contributed by atoms with Gasteiger partial charge in [0.1, 0.15) is 6.29 Å². The standard InChI is InChI=1S/C3H5O.2C3H7.Al/c1-2-3-4;2*1-3-2;/h3H,1-2H2;2*3H,1-2H3;. The predicted molar refractivity (Wildman–Crippen MR) is 51.4 cm³/mol. The van der Waals surface area contributed by atoms with Gasteiger partial charge >= 0.3 is 0 Å². The van der Waals surface area contributed by atoms with Crippen LogP contribution in [-0.4, -0.2) is 20.4 Å². The summed E-state index contributed by atoms with van der Waals surface area (Å²) < 4.78 is 1.69. The highest BCUT2D eigenvalue weighted by Crippen LogP contribution is 2.23. The maximum atomic E-state index is 10.2. The molecular formula is C9H19AlO. The van der Waals surface area contributed by atoms with Crippen molar-refractivity contribution in [2.75, 3.05) is 0 Å². The minimum absolute atomic E-state index is 0.629. The van der Waals surface area contributed by atoms with Gasteiger partial charge in [0, 0.05) is 0 Å². The van der Waals surface area contributed by atoms with Crippen molar-refractivity contribution in [3.8, 4) is 0 Å². The van der Waals surface area contributed by atoms with E-state index in [0.29, 0.717) is 0 Å². The van der Waals surface area contributed by atoms with E-state index in [1.165, 1.54) is 5.28 Å². The molecule has 0 atom stereocenters. The summed E-state index contributed by atoms with van der Waals surface area (Å²) in [6, 6.07) is 0. The third-order valence-corrected chi connectivity index (χ3v) is 6.76. The molecule has 0 N–H and O–H groups in total. The van der Waals surface area contributed by atoms with Gasteiger partial charge in [0.15, 0.2) is 0 Å². The van der Waals surface area contributed by atoms with Gasteiger partial charge in [0.25, 0.3) is 14.1 Å². The summed E-state index contributed by atoms with van der Waals surface area (Å²) in [5.74, 6) is 0. The van der Waals surface area contributed by atoms with Gasteiger partial charge in [0.05, 0.1) is 0 Å². The fraction of sp³-hybridized carbons (Fsp3) is 0.889. The van der Waals surface area contributed by atoms with Crippen molar-refractivity contribution in [1.29, 1.82) is 0 Å². The Morgan fingerprint density at radius 3 is 1.91 bits per heavy atom. The molecule has 0 spiro atoms. The molecule has 0 fully saturated rings. The van der Waals surface area contributed by atoms with Gasteiger partial charge < -0.3 is 4.79 Å². The van der Waals surface area contributed by atoms with Crippen LogP contribution in [0.5, 0.6) is 0 Å². The second-order valence-corrected chi connectivity index (χ2v) is 8.47. The molecule has 0 radical (unpaired) electrons. The molecule has 0 bridgehead atoms. The average molecular weight is 170 g/mol.